The highest BCUT2D eigenvalue weighted by atomic mass is 16.5. The number of hydrogen-bond acceptors (Lipinski definition) is 6. The van der Waals surface area contributed by atoms with Gasteiger partial charge in [0.15, 0.2) is 0 Å². The first-order valence-corrected chi connectivity index (χ1v) is 9.38. The van der Waals surface area contributed by atoms with Crippen LogP contribution in [0.4, 0.5) is 5.95 Å². The standard InChI is InChI=1S/C18H25N7O2/c1-12(2)24-17(26)16-20-10-15(14-9-19-11-21-14)25(16)22-18(24)23(3)7-6-13-5-4-8-27-13/h9-13H,4-8H2,1-3H3,(H,19,21). The molecule has 1 fully saturated rings. The maximum absolute atomic E-state index is 13.1. The second-order valence-corrected chi connectivity index (χ2v) is 7.26. The summed E-state index contributed by atoms with van der Waals surface area (Å²) in [4.78, 5) is 26.5. The molecule has 1 saturated heterocycles. The Morgan fingerprint density at radius 2 is 2.26 bits per heavy atom. The smallest absolute Gasteiger partial charge is 0.298 e. The minimum atomic E-state index is -0.148. The normalized spacial score (nSPS) is 17.3. The van der Waals surface area contributed by atoms with Gasteiger partial charge in [-0.2, -0.15) is 0 Å². The Labute approximate surface area is 157 Å². The number of anilines is 1. The van der Waals surface area contributed by atoms with E-state index >= 15 is 0 Å². The molecular weight excluding hydrogens is 346 g/mol. The van der Waals surface area contributed by atoms with Crippen LogP contribution in [0.5, 0.6) is 0 Å². The Hall–Kier alpha value is -2.68. The number of aromatic nitrogens is 6. The summed E-state index contributed by atoms with van der Waals surface area (Å²) in [5.41, 5.74) is 1.64. The van der Waals surface area contributed by atoms with Gasteiger partial charge in [0.1, 0.15) is 5.69 Å². The van der Waals surface area contributed by atoms with Crippen LogP contribution in [0.2, 0.25) is 0 Å². The van der Waals surface area contributed by atoms with E-state index in [9.17, 15) is 4.79 Å². The number of ether oxygens (including phenoxy) is 1. The third kappa shape index (κ3) is 3.23. The van der Waals surface area contributed by atoms with Crippen molar-refractivity contribution in [2.24, 2.45) is 0 Å². The van der Waals surface area contributed by atoms with Gasteiger partial charge >= 0.3 is 0 Å². The number of rotatable bonds is 6. The predicted octanol–water partition coefficient (Wildman–Crippen LogP) is 1.87. The number of hydrogen-bond donors (Lipinski definition) is 1. The zero-order valence-electron chi connectivity index (χ0n) is 15.9. The van der Waals surface area contributed by atoms with Crippen molar-refractivity contribution < 1.29 is 4.74 Å². The minimum Gasteiger partial charge on any atom is -0.378 e. The van der Waals surface area contributed by atoms with Gasteiger partial charge < -0.3 is 14.6 Å². The Balaban J connectivity index is 1.76. The lowest BCUT2D eigenvalue weighted by molar-refractivity contribution is 0.106. The number of imidazole rings is 2. The van der Waals surface area contributed by atoms with E-state index in [1.54, 1.807) is 27.8 Å². The van der Waals surface area contributed by atoms with Gasteiger partial charge in [-0.3, -0.25) is 9.36 Å². The van der Waals surface area contributed by atoms with Crippen molar-refractivity contribution in [2.45, 2.75) is 45.3 Å². The van der Waals surface area contributed by atoms with E-state index in [4.69, 9.17) is 9.84 Å². The molecule has 9 heteroatoms. The van der Waals surface area contributed by atoms with E-state index < -0.39 is 0 Å². The summed E-state index contributed by atoms with van der Waals surface area (Å²) in [6.07, 6.45) is 8.38. The molecule has 1 aliphatic rings. The maximum Gasteiger partial charge on any atom is 0.298 e. The zero-order valence-corrected chi connectivity index (χ0v) is 15.9. The highest BCUT2D eigenvalue weighted by Gasteiger charge is 2.22. The van der Waals surface area contributed by atoms with Gasteiger partial charge in [-0.05, 0) is 33.1 Å². The van der Waals surface area contributed by atoms with E-state index in [1.165, 1.54) is 0 Å². The van der Waals surface area contributed by atoms with Crippen LogP contribution in [-0.4, -0.2) is 55.4 Å². The molecule has 0 saturated carbocycles. The third-order valence-corrected chi connectivity index (χ3v) is 5.00. The van der Waals surface area contributed by atoms with Crippen molar-refractivity contribution >= 4 is 11.6 Å². The highest BCUT2D eigenvalue weighted by Crippen LogP contribution is 2.21. The molecule has 144 valence electrons. The average molecular weight is 371 g/mol. The molecule has 4 heterocycles. The average Bonchev–Trinajstić information content (AvgIpc) is 3.38. The molecular formula is C18H25N7O2. The molecule has 0 bridgehead atoms. The molecule has 3 aromatic heterocycles. The summed E-state index contributed by atoms with van der Waals surface area (Å²) in [6, 6.07) is -0.0255. The van der Waals surface area contributed by atoms with E-state index in [2.05, 4.69) is 15.0 Å². The van der Waals surface area contributed by atoms with Crippen LogP contribution in [0.15, 0.2) is 23.5 Å². The topological polar surface area (TPSA) is 93.3 Å². The molecule has 1 N–H and O–H groups in total. The lowest BCUT2D eigenvalue weighted by Crippen LogP contribution is -2.34. The van der Waals surface area contributed by atoms with Crippen LogP contribution in [0.25, 0.3) is 17.0 Å². The molecule has 1 unspecified atom stereocenters. The first-order chi connectivity index (χ1) is 13.1. The van der Waals surface area contributed by atoms with Crippen molar-refractivity contribution in [3.63, 3.8) is 0 Å². The van der Waals surface area contributed by atoms with E-state index in [0.717, 1.165) is 38.1 Å². The fraction of sp³-hybridized carbons (Fsp3) is 0.556. The van der Waals surface area contributed by atoms with Crippen molar-refractivity contribution in [2.75, 3.05) is 25.1 Å². The minimum absolute atomic E-state index is 0.0255. The lowest BCUT2D eigenvalue weighted by Gasteiger charge is -2.25. The monoisotopic (exact) mass is 371 g/mol. The summed E-state index contributed by atoms with van der Waals surface area (Å²) >= 11 is 0. The second kappa shape index (κ2) is 7.15. The SMILES string of the molecule is CC(C)n1c(N(C)CCC2CCCO2)nn2c(-c3cnc[nH]3)cnc2c1=O. The Bertz CT molecular complexity index is 968. The summed E-state index contributed by atoms with van der Waals surface area (Å²) in [6.45, 7) is 5.58. The highest BCUT2D eigenvalue weighted by molar-refractivity contribution is 5.58. The Morgan fingerprint density at radius 3 is 2.93 bits per heavy atom. The van der Waals surface area contributed by atoms with Gasteiger partial charge in [-0.25, -0.2) is 14.5 Å². The number of nitrogens with one attached hydrogen (secondary N) is 1. The number of aromatic amines is 1. The van der Waals surface area contributed by atoms with Crippen molar-refractivity contribution in [3.05, 3.63) is 29.1 Å². The van der Waals surface area contributed by atoms with Crippen LogP contribution >= 0.6 is 0 Å². The fourth-order valence-electron chi connectivity index (χ4n) is 3.54. The van der Waals surface area contributed by atoms with Crippen molar-refractivity contribution in [1.82, 2.24) is 29.1 Å². The molecule has 0 amide bonds. The van der Waals surface area contributed by atoms with Gasteiger partial charge in [0, 0.05) is 26.2 Å². The first kappa shape index (κ1) is 17.7. The second-order valence-electron chi connectivity index (χ2n) is 7.26. The quantitative estimate of drug-likeness (QED) is 0.711. The molecule has 1 aliphatic heterocycles. The maximum atomic E-state index is 13.1. The fourth-order valence-corrected chi connectivity index (χ4v) is 3.54. The number of nitrogens with zero attached hydrogens (tertiary/aromatic N) is 6. The summed E-state index contributed by atoms with van der Waals surface area (Å²) in [7, 11) is 1.97. The molecule has 0 aromatic carbocycles. The number of fused-ring (bicyclic) bond motifs is 1. The van der Waals surface area contributed by atoms with Gasteiger partial charge in [0.25, 0.3) is 5.56 Å². The van der Waals surface area contributed by atoms with Gasteiger partial charge in [-0.15, -0.1) is 5.10 Å². The van der Waals surface area contributed by atoms with Crippen LogP contribution in [0.3, 0.4) is 0 Å². The van der Waals surface area contributed by atoms with Crippen molar-refractivity contribution in [1.29, 1.82) is 0 Å². The predicted molar refractivity (Wildman–Crippen MR) is 102 cm³/mol. The van der Waals surface area contributed by atoms with E-state index in [1.807, 2.05) is 25.8 Å². The van der Waals surface area contributed by atoms with Gasteiger partial charge in [0.2, 0.25) is 11.6 Å². The summed E-state index contributed by atoms with van der Waals surface area (Å²) in [5.74, 6) is 0.624. The molecule has 9 nitrogen and oxygen atoms in total. The van der Waals surface area contributed by atoms with Gasteiger partial charge in [0.05, 0.1) is 30.5 Å². The molecule has 0 radical (unpaired) electrons. The van der Waals surface area contributed by atoms with Crippen LogP contribution in [0.1, 0.15) is 39.2 Å². The lowest BCUT2D eigenvalue weighted by atomic mass is 10.2. The van der Waals surface area contributed by atoms with Gasteiger partial charge in [-0.1, -0.05) is 0 Å². The Kier molecular flexibility index (Phi) is 4.69. The summed E-state index contributed by atoms with van der Waals surface area (Å²) in [5, 5.41) is 4.77. The molecule has 27 heavy (non-hydrogen) atoms. The molecule has 0 aliphatic carbocycles. The van der Waals surface area contributed by atoms with Crippen LogP contribution in [0, 0.1) is 0 Å². The summed E-state index contributed by atoms with van der Waals surface area (Å²) < 4.78 is 9.03. The largest absolute Gasteiger partial charge is 0.378 e. The molecule has 3 aromatic rings. The molecule has 4 rings (SSSR count). The van der Waals surface area contributed by atoms with Crippen molar-refractivity contribution in [3.8, 4) is 11.4 Å². The van der Waals surface area contributed by atoms with Crippen LogP contribution < -0.4 is 10.5 Å². The molecule has 0 spiro atoms. The van der Waals surface area contributed by atoms with E-state index in [-0.39, 0.29) is 11.6 Å². The zero-order chi connectivity index (χ0) is 19.0. The Morgan fingerprint density at radius 1 is 1.41 bits per heavy atom. The number of H-pyrrole nitrogens is 1. The third-order valence-electron chi connectivity index (χ3n) is 5.00. The first-order valence-electron chi connectivity index (χ1n) is 9.38. The van der Waals surface area contributed by atoms with E-state index in [0.29, 0.717) is 23.4 Å². The molecule has 1 atom stereocenters. The van der Waals surface area contributed by atoms with Crippen LogP contribution in [-0.2, 0) is 4.74 Å².